The summed E-state index contributed by atoms with van der Waals surface area (Å²) in [6, 6.07) is 5.91. The molecule has 1 atom stereocenters. The summed E-state index contributed by atoms with van der Waals surface area (Å²) in [5, 5.41) is 0.759. The van der Waals surface area contributed by atoms with E-state index in [0.29, 0.717) is 0 Å². The Morgan fingerprint density at radius 1 is 1.50 bits per heavy atom. The lowest BCUT2D eigenvalue weighted by molar-refractivity contribution is 0.595. The van der Waals surface area contributed by atoms with E-state index in [1.807, 2.05) is 18.2 Å². The van der Waals surface area contributed by atoms with Crippen molar-refractivity contribution in [1.29, 1.82) is 0 Å². The summed E-state index contributed by atoms with van der Waals surface area (Å²) < 4.78 is 1.06. The average Bonchev–Trinajstić information content (AvgIpc) is 2.93. The zero-order chi connectivity index (χ0) is 10.1. The van der Waals surface area contributed by atoms with Gasteiger partial charge in [0.2, 0.25) is 0 Å². The second kappa shape index (κ2) is 4.21. The predicted molar refractivity (Wildman–Crippen MR) is 63.4 cm³/mol. The molecule has 76 valence electrons. The molecule has 0 amide bonds. The third-order valence-corrected chi connectivity index (χ3v) is 3.60. The van der Waals surface area contributed by atoms with Crippen LogP contribution in [0, 0.1) is 5.92 Å². The van der Waals surface area contributed by atoms with Crippen LogP contribution >= 0.6 is 27.5 Å². The molecule has 0 bridgehead atoms. The summed E-state index contributed by atoms with van der Waals surface area (Å²) in [4.78, 5) is 0. The molecule has 0 radical (unpaired) electrons. The first-order valence-corrected chi connectivity index (χ1v) is 6.04. The summed E-state index contributed by atoms with van der Waals surface area (Å²) in [6.45, 7) is 0. The number of benzene rings is 1. The lowest BCUT2D eigenvalue weighted by atomic mass is 10.0. The van der Waals surface area contributed by atoms with Crippen LogP contribution in [-0.2, 0) is 0 Å². The lowest BCUT2D eigenvalue weighted by Gasteiger charge is -2.13. The Kier molecular flexibility index (Phi) is 3.15. The molecule has 1 nitrogen and oxygen atoms in total. The van der Waals surface area contributed by atoms with Gasteiger partial charge in [0.15, 0.2) is 0 Å². The van der Waals surface area contributed by atoms with Gasteiger partial charge >= 0.3 is 0 Å². The van der Waals surface area contributed by atoms with Crippen molar-refractivity contribution in [1.82, 2.24) is 0 Å². The first kappa shape index (κ1) is 10.5. The van der Waals surface area contributed by atoms with Crippen LogP contribution in [0.3, 0.4) is 0 Å². The van der Waals surface area contributed by atoms with Crippen molar-refractivity contribution < 1.29 is 0 Å². The van der Waals surface area contributed by atoms with E-state index in [4.69, 9.17) is 17.3 Å². The second-order valence-corrected chi connectivity index (χ2v) is 5.24. The summed E-state index contributed by atoms with van der Waals surface area (Å²) in [6.07, 6.45) is 3.76. The number of hydrogen-bond acceptors (Lipinski definition) is 1. The third kappa shape index (κ3) is 2.50. The molecule has 3 heteroatoms. The van der Waals surface area contributed by atoms with Gasteiger partial charge in [0.05, 0.1) is 0 Å². The van der Waals surface area contributed by atoms with Gasteiger partial charge in [-0.2, -0.15) is 0 Å². The largest absolute Gasteiger partial charge is 0.324 e. The van der Waals surface area contributed by atoms with Crippen molar-refractivity contribution in [3.8, 4) is 0 Å². The van der Waals surface area contributed by atoms with Gasteiger partial charge in [-0.1, -0.05) is 40.4 Å². The highest BCUT2D eigenvalue weighted by Crippen LogP contribution is 2.38. The Hall–Kier alpha value is -0.0500. The van der Waals surface area contributed by atoms with Crippen molar-refractivity contribution in [3.63, 3.8) is 0 Å². The molecule has 1 aliphatic carbocycles. The van der Waals surface area contributed by atoms with Crippen molar-refractivity contribution in [2.45, 2.75) is 25.3 Å². The normalized spacial score (nSPS) is 18.2. The Balaban J connectivity index is 2.15. The fraction of sp³-hybridized carbons (Fsp3) is 0.455. The number of rotatable bonds is 3. The van der Waals surface area contributed by atoms with Crippen LogP contribution in [0.2, 0.25) is 5.02 Å². The fourth-order valence-corrected chi connectivity index (χ4v) is 2.36. The van der Waals surface area contributed by atoms with Crippen LogP contribution in [0.1, 0.15) is 30.9 Å². The lowest BCUT2D eigenvalue weighted by Crippen LogP contribution is -2.11. The Morgan fingerprint density at radius 2 is 2.21 bits per heavy atom. The molecule has 0 spiro atoms. The summed E-state index contributed by atoms with van der Waals surface area (Å²) in [5.74, 6) is 0.843. The minimum atomic E-state index is 0.121. The second-order valence-electron chi connectivity index (χ2n) is 3.95. The average molecular weight is 275 g/mol. The summed E-state index contributed by atoms with van der Waals surface area (Å²) in [5.41, 5.74) is 7.25. The van der Waals surface area contributed by atoms with E-state index in [2.05, 4.69) is 15.9 Å². The van der Waals surface area contributed by atoms with Crippen LogP contribution in [0.4, 0.5) is 0 Å². The number of hydrogen-bond donors (Lipinski definition) is 1. The molecular weight excluding hydrogens is 261 g/mol. The van der Waals surface area contributed by atoms with E-state index in [1.165, 1.54) is 12.8 Å². The first-order valence-electron chi connectivity index (χ1n) is 4.87. The summed E-state index contributed by atoms with van der Waals surface area (Å²) in [7, 11) is 0. The molecule has 0 unspecified atom stereocenters. The molecule has 1 fully saturated rings. The fourth-order valence-electron chi connectivity index (χ4n) is 1.64. The van der Waals surface area contributed by atoms with Gasteiger partial charge in [0.1, 0.15) is 0 Å². The first-order chi connectivity index (χ1) is 6.66. The molecule has 0 aliphatic heterocycles. The SMILES string of the molecule is N[C@@H](CC1CC1)c1cc(Cl)ccc1Br. The molecule has 0 saturated heterocycles. The molecule has 1 aromatic rings. The van der Waals surface area contributed by atoms with Crippen molar-refractivity contribution >= 4 is 27.5 Å². The quantitative estimate of drug-likeness (QED) is 0.889. The zero-order valence-electron chi connectivity index (χ0n) is 7.84. The Labute approximate surface area is 97.8 Å². The molecular formula is C11H13BrClN. The van der Waals surface area contributed by atoms with Crippen LogP contribution in [-0.4, -0.2) is 0 Å². The van der Waals surface area contributed by atoms with Crippen molar-refractivity contribution in [3.05, 3.63) is 33.3 Å². The van der Waals surface area contributed by atoms with Gasteiger partial charge < -0.3 is 5.73 Å². The topological polar surface area (TPSA) is 26.0 Å². The maximum absolute atomic E-state index is 6.12. The molecule has 2 N–H and O–H groups in total. The Morgan fingerprint density at radius 3 is 2.86 bits per heavy atom. The van der Waals surface area contributed by atoms with Crippen LogP contribution < -0.4 is 5.73 Å². The van der Waals surface area contributed by atoms with E-state index >= 15 is 0 Å². The third-order valence-electron chi connectivity index (χ3n) is 2.64. The number of nitrogens with two attached hydrogens (primary N) is 1. The molecule has 0 heterocycles. The maximum atomic E-state index is 6.12. The highest BCUT2D eigenvalue weighted by Gasteiger charge is 2.25. The van der Waals surface area contributed by atoms with E-state index in [-0.39, 0.29) is 6.04 Å². The van der Waals surface area contributed by atoms with Crippen LogP contribution in [0.5, 0.6) is 0 Å². The maximum Gasteiger partial charge on any atom is 0.0410 e. The van der Waals surface area contributed by atoms with E-state index < -0.39 is 0 Å². The number of halogens is 2. The molecule has 0 aromatic heterocycles. The van der Waals surface area contributed by atoms with E-state index in [9.17, 15) is 0 Å². The molecule has 2 rings (SSSR count). The van der Waals surface area contributed by atoms with Gasteiger partial charge in [-0.05, 0) is 36.1 Å². The van der Waals surface area contributed by atoms with Gasteiger partial charge in [-0.3, -0.25) is 0 Å². The summed E-state index contributed by atoms with van der Waals surface area (Å²) >= 11 is 9.44. The van der Waals surface area contributed by atoms with Crippen molar-refractivity contribution in [2.75, 3.05) is 0 Å². The molecule has 1 saturated carbocycles. The van der Waals surface area contributed by atoms with E-state index in [0.717, 1.165) is 27.4 Å². The minimum absolute atomic E-state index is 0.121. The predicted octanol–water partition coefficient (Wildman–Crippen LogP) is 3.90. The van der Waals surface area contributed by atoms with Gasteiger partial charge in [-0.15, -0.1) is 0 Å². The van der Waals surface area contributed by atoms with E-state index in [1.54, 1.807) is 0 Å². The molecule has 14 heavy (non-hydrogen) atoms. The standard InChI is InChI=1S/C11H13BrClN/c12-10-4-3-8(13)6-9(10)11(14)5-7-1-2-7/h3-4,6-7,11H,1-2,5,14H2/t11-/m0/s1. The Bertz CT molecular complexity index is 336. The van der Waals surface area contributed by atoms with Gasteiger partial charge in [0, 0.05) is 15.5 Å². The van der Waals surface area contributed by atoms with Crippen molar-refractivity contribution in [2.24, 2.45) is 11.7 Å². The van der Waals surface area contributed by atoms with Gasteiger partial charge in [-0.25, -0.2) is 0 Å². The van der Waals surface area contributed by atoms with Gasteiger partial charge in [0.25, 0.3) is 0 Å². The van der Waals surface area contributed by atoms with Crippen LogP contribution in [0.15, 0.2) is 22.7 Å². The zero-order valence-corrected chi connectivity index (χ0v) is 10.2. The molecule has 1 aromatic carbocycles. The molecule has 1 aliphatic rings. The van der Waals surface area contributed by atoms with Crippen LogP contribution in [0.25, 0.3) is 0 Å². The highest BCUT2D eigenvalue weighted by atomic mass is 79.9. The highest BCUT2D eigenvalue weighted by molar-refractivity contribution is 9.10. The monoisotopic (exact) mass is 273 g/mol. The smallest absolute Gasteiger partial charge is 0.0410 e. The minimum Gasteiger partial charge on any atom is -0.324 e.